The van der Waals surface area contributed by atoms with Crippen LogP contribution >= 0.6 is 0 Å². The zero-order valence-electron chi connectivity index (χ0n) is 16.6. The molecule has 0 aromatic carbocycles. The van der Waals surface area contributed by atoms with Gasteiger partial charge in [0.15, 0.2) is 0 Å². The first kappa shape index (κ1) is 18.1. The average molecular weight is 395 g/mol. The molecule has 2 aromatic rings. The summed E-state index contributed by atoms with van der Waals surface area (Å²) in [7, 11) is 1.88. The van der Waals surface area contributed by atoms with Crippen LogP contribution in [0.4, 0.5) is 0 Å². The third-order valence-corrected chi connectivity index (χ3v) is 6.52. The van der Waals surface area contributed by atoms with Crippen LogP contribution in [0.25, 0.3) is 11.4 Å². The fourth-order valence-corrected chi connectivity index (χ4v) is 5.08. The first-order valence-electron chi connectivity index (χ1n) is 10.3. The lowest BCUT2D eigenvalue weighted by Gasteiger charge is -2.43. The number of aromatic nitrogens is 3. The van der Waals surface area contributed by atoms with E-state index in [-0.39, 0.29) is 35.8 Å². The number of amides is 2. The molecule has 0 spiro atoms. The summed E-state index contributed by atoms with van der Waals surface area (Å²) >= 11 is 0. The molecular weight excluding hydrogens is 370 g/mol. The number of pyridine rings is 1. The molecule has 0 N–H and O–H groups in total. The molecule has 2 bridgehead atoms. The van der Waals surface area contributed by atoms with Crippen molar-refractivity contribution in [1.82, 2.24) is 23.9 Å². The number of hydrogen-bond acceptors (Lipinski definition) is 4. The standard InChI is InChI=1S/C21H25N5O3/c1-23-8-6-22-20(23)16-4-5-17-15-9-14(11-26(17)21(16)29)10-25(12-15)19(28)13-24-7-2-3-18(24)27/h4-6,8,14-15H,2-3,7,9-13H2,1H3/t14-,15+/m0/s1. The number of aryl methyl sites for hydroxylation is 1. The van der Waals surface area contributed by atoms with Crippen molar-refractivity contribution in [2.75, 3.05) is 26.2 Å². The summed E-state index contributed by atoms with van der Waals surface area (Å²) < 4.78 is 3.74. The molecule has 0 radical (unpaired) electrons. The molecule has 0 saturated carbocycles. The molecule has 152 valence electrons. The first-order chi connectivity index (χ1) is 14.0. The first-order valence-corrected chi connectivity index (χ1v) is 10.3. The normalized spacial score (nSPS) is 23.4. The Bertz CT molecular complexity index is 1040. The van der Waals surface area contributed by atoms with Gasteiger partial charge in [-0.1, -0.05) is 0 Å². The number of likely N-dealkylation sites (tertiary alicyclic amines) is 2. The van der Waals surface area contributed by atoms with Crippen LogP contribution in [-0.2, 0) is 23.2 Å². The van der Waals surface area contributed by atoms with Gasteiger partial charge in [0.05, 0.1) is 12.1 Å². The van der Waals surface area contributed by atoms with Crippen molar-refractivity contribution in [2.45, 2.75) is 31.7 Å². The van der Waals surface area contributed by atoms with E-state index in [1.165, 1.54) is 0 Å². The fourth-order valence-electron chi connectivity index (χ4n) is 5.08. The Morgan fingerprint density at radius 1 is 1.21 bits per heavy atom. The SMILES string of the molecule is Cn1ccnc1-c1ccc2n(c1=O)C[C@H]1C[C@@H]2CN(C(=O)CN2CCCC2=O)C1. The lowest BCUT2D eigenvalue weighted by molar-refractivity contribution is -0.140. The number of fused-ring (bicyclic) bond motifs is 4. The van der Waals surface area contributed by atoms with Crippen LogP contribution in [0.3, 0.4) is 0 Å². The molecule has 2 amide bonds. The van der Waals surface area contributed by atoms with Crippen LogP contribution in [-0.4, -0.2) is 61.9 Å². The van der Waals surface area contributed by atoms with E-state index in [0.29, 0.717) is 44.0 Å². The van der Waals surface area contributed by atoms with Gasteiger partial charge >= 0.3 is 0 Å². The van der Waals surface area contributed by atoms with Crippen LogP contribution < -0.4 is 5.56 Å². The van der Waals surface area contributed by atoms with Crippen molar-refractivity contribution in [2.24, 2.45) is 13.0 Å². The van der Waals surface area contributed by atoms with Crippen molar-refractivity contribution in [3.8, 4) is 11.4 Å². The second-order valence-corrected chi connectivity index (χ2v) is 8.47. The summed E-state index contributed by atoms with van der Waals surface area (Å²) in [6.45, 7) is 2.74. The van der Waals surface area contributed by atoms with Gasteiger partial charge in [0.1, 0.15) is 5.82 Å². The Hall–Kier alpha value is -2.90. The molecule has 8 nitrogen and oxygen atoms in total. The summed E-state index contributed by atoms with van der Waals surface area (Å²) in [5, 5.41) is 0. The molecule has 2 atom stereocenters. The van der Waals surface area contributed by atoms with Gasteiger partial charge in [-0.05, 0) is 30.9 Å². The predicted molar refractivity (Wildman–Crippen MR) is 106 cm³/mol. The van der Waals surface area contributed by atoms with Crippen LogP contribution in [0.15, 0.2) is 29.3 Å². The number of carbonyl (C=O) groups is 2. The van der Waals surface area contributed by atoms with E-state index >= 15 is 0 Å². The second-order valence-electron chi connectivity index (χ2n) is 8.47. The Morgan fingerprint density at radius 2 is 2.07 bits per heavy atom. The Kier molecular flexibility index (Phi) is 4.29. The van der Waals surface area contributed by atoms with Crippen molar-refractivity contribution >= 4 is 11.8 Å². The maximum absolute atomic E-state index is 13.2. The molecule has 2 saturated heterocycles. The fraction of sp³-hybridized carbons (Fsp3) is 0.524. The van der Waals surface area contributed by atoms with Crippen LogP contribution in [0, 0.1) is 5.92 Å². The molecular formula is C21H25N5O3. The molecule has 0 aliphatic carbocycles. The third kappa shape index (κ3) is 3.07. The Balaban J connectivity index is 1.39. The smallest absolute Gasteiger partial charge is 0.261 e. The lowest BCUT2D eigenvalue weighted by atomic mass is 9.83. The van der Waals surface area contributed by atoms with Crippen molar-refractivity contribution in [3.63, 3.8) is 0 Å². The van der Waals surface area contributed by atoms with E-state index in [1.807, 2.05) is 39.4 Å². The highest BCUT2D eigenvalue weighted by atomic mass is 16.2. The number of imidazole rings is 1. The van der Waals surface area contributed by atoms with Gasteiger partial charge in [0, 0.05) is 63.7 Å². The lowest BCUT2D eigenvalue weighted by Crippen LogP contribution is -2.51. The van der Waals surface area contributed by atoms with E-state index in [2.05, 4.69) is 4.98 Å². The molecule has 5 heterocycles. The summed E-state index contributed by atoms with van der Waals surface area (Å²) in [6.07, 6.45) is 5.91. The van der Waals surface area contributed by atoms with E-state index in [9.17, 15) is 14.4 Å². The quantitative estimate of drug-likeness (QED) is 0.771. The average Bonchev–Trinajstić information content (AvgIpc) is 3.31. The molecule has 0 unspecified atom stereocenters. The van der Waals surface area contributed by atoms with E-state index in [0.717, 1.165) is 18.5 Å². The number of rotatable bonds is 3. The Morgan fingerprint density at radius 3 is 2.79 bits per heavy atom. The predicted octanol–water partition coefficient (Wildman–Crippen LogP) is 0.817. The van der Waals surface area contributed by atoms with Crippen molar-refractivity contribution in [3.05, 3.63) is 40.6 Å². The van der Waals surface area contributed by atoms with Gasteiger partial charge in [-0.2, -0.15) is 0 Å². The van der Waals surface area contributed by atoms with Gasteiger partial charge in [-0.3, -0.25) is 14.4 Å². The van der Waals surface area contributed by atoms with Gasteiger partial charge < -0.3 is 18.9 Å². The number of carbonyl (C=O) groups excluding carboxylic acids is 2. The summed E-state index contributed by atoms with van der Waals surface area (Å²) in [5.74, 6) is 1.19. The maximum Gasteiger partial charge on any atom is 0.261 e. The van der Waals surface area contributed by atoms with E-state index < -0.39 is 0 Å². The highest BCUT2D eigenvalue weighted by molar-refractivity contribution is 5.86. The highest BCUT2D eigenvalue weighted by Gasteiger charge is 2.37. The topological polar surface area (TPSA) is 80.4 Å². The van der Waals surface area contributed by atoms with Gasteiger partial charge in [0.2, 0.25) is 11.8 Å². The van der Waals surface area contributed by atoms with Crippen LogP contribution in [0.5, 0.6) is 0 Å². The third-order valence-electron chi connectivity index (χ3n) is 6.52. The molecule has 3 aliphatic heterocycles. The molecule has 5 rings (SSSR count). The molecule has 3 aliphatic rings. The van der Waals surface area contributed by atoms with Gasteiger partial charge in [-0.15, -0.1) is 0 Å². The van der Waals surface area contributed by atoms with Crippen molar-refractivity contribution in [1.29, 1.82) is 0 Å². The van der Waals surface area contributed by atoms with Crippen LogP contribution in [0.2, 0.25) is 0 Å². The van der Waals surface area contributed by atoms with E-state index in [4.69, 9.17) is 0 Å². The monoisotopic (exact) mass is 395 g/mol. The minimum Gasteiger partial charge on any atom is -0.340 e. The zero-order chi connectivity index (χ0) is 20.1. The second kappa shape index (κ2) is 6.86. The molecule has 29 heavy (non-hydrogen) atoms. The molecule has 2 aromatic heterocycles. The maximum atomic E-state index is 13.2. The van der Waals surface area contributed by atoms with Crippen molar-refractivity contribution < 1.29 is 9.59 Å². The molecule has 2 fully saturated rings. The van der Waals surface area contributed by atoms with Gasteiger partial charge in [-0.25, -0.2) is 4.98 Å². The van der Waals surface area contributed by atoms with Gasteiger partial charge in [0.25, 0.3) is 5.56 Å². The van der Waals surface area contributed by atoms with E-state index in [1.54, 1.807) is 11.1 Å². The zero-order valence-corrected chi connectivity index (χ0v) is 16.6. The largest absolute Gasteiger partial charge is 0.340 e. The summed E-state index contributed by atoms with van der Waals surface area (Å²) in [5.41, 5.74) is 1.61. The number of piperidine rings is 1. The number of hydrogen-bond donors (Lipinski definition) is 0. The van der Waals surface area contributed by atoms with Crippen LogP contribution in [0.1, 0.15) is 30.9 Å². The minimum absolute atomic E-state index is 0.00561. The molecule has 8 heteroatoms. The minimum atomic E-state index is -0.00561. The Labute approximate surface area is 168 Å². The summed E-state index contributed by atoms with van der Waals surface area (Å²) in [6, 6.07) is 3.88. The number of nitrogens with zero attached hydrogens (tertiary/aromatic N) is 5. The highest BCUT2D eigenvalue weighted by Crippen LogP contribution is 2.35. The summed E-state index contributed by atoms with van der Waals surface area (Å²) in [4.78, 5) is 45.7.